The van der Waals surface area contributed by atoms with Crippen LogP contribution < -0.4 is 15.4 Å². The smallest absolute Gasteiger partial charge is 0.251 e. The first kappa shape index (κ1) is 23.6. The normalized spacial score (nSPS) is 14.8. The van der Waals surface area contributed by atoms with Crippen LogP contribution in [0.15, 0.2) is 60.7 Å². The molecule has 0 spiro atoms. The number of carbonyl (C=O) groups excluding carboxylic acids is 2. The number of amides is 2. The van der Waals surface area contributed by atoms with Crippen molar-refractivity contribution in [1.29, 1.82) is 0 Å². The van der Waals surface area contributed by atoms with Crippen LogP contribution in [-0.2, 0) is 23.0 Å². The number of ether oxygens (including phenoxy) is 2. The number of para-hydroxylation sites is 1. The van der Waals surface area contributed by atoms with E-state index in [1.165, 1.54) is 12.5 Å². The Morgan fingerprint density at radius 3 is 2.72 bits per heavy atom. The molecule has 2 amide bonds. The molecule has 0 saturated heterocycles. The predicted molar refractivity (Wildman–Crippen MR) is 138 cm³/mol. The van der Waals surface area contributed by atoms with Gasteiger partial charge in [-0.1, -0.05) is 36.4 Å². The van der Waals surface area contributed by atoms with Crippen LogP contribution in [0.4, 0.5) is 5.69 Å². The van der Waals surface area contributed by atoms with Crippen LogP contribution in [0.3, 0.4) is 0 Å². The third-order valence-corrected chi connectivity index (χ3v) is 6.43. The third-order valence-electron chi connectivity index (χ3n) is 6.43. The molecule has 36 heavy (non-hydrogen) atoms. The number of nitrogens with one attached hydrogen (secondary N) is 2. The Balaban J connectivity index is 1.49. The molecule has 2 heterocycles. The van der Waals surface area contributed by atoms with Crippen LogP contribution in [0.1, 0.15) is 34.5 Å². The molecular formula is C28H28N4O4. The van der Waals surface area contributed by atoms with E-state index in [4.69, 9.17) is 14.5 Å². The number of nitrogens with zero attached hydrogens (tertiary/aromatic N) is 2. The number of aromatic nitrogens is 2. The number of methoxy groups -OCH3 is 1. The number of anilines is 1. The van der Waals surface area contributed by atoms with E-state index in [0.29, 0.717) is 47.0 Å². The van der Waals surface area contributed by atoms with E-state index in [-0.39, 0.29) is 17.9 Å². The van der Waals surface area contributed by atoms with E-state index >= 15 is 0 Å². The maximum atomic E-state index is 13.2. The number of aryl methyl sites for hydroxylation is 1. The Morgan fingerprint density at radius 2 is 1.92 bits per heavy atom. The molecule has 4 aromatic rings. The predicted octanol–water partition coefficient (Wildman–Crippen LogP) is 4.25. The minimum absolute atomic E-state index is 0.204. The molecule has 1 aliphatic rings. The maximum Gasteiger partial charge on any atom is 0.251 e. The molecule has 0 aliphatic carbocycles. The number of benzene rings is 3. The lowest BCUT2D eigenvalue weighted by Gasteiger charge is -2.26. The fraction of sp³-hybridized carbons (Fsp3) is 0.250. The molecule has 184 valence electrons. The van der Waals surface area contributed by atoms with Gasteiger partial charge in [-0.2, -0.15) is 0 Å². The standard InChI is InChI=1S/C28H28N4O4/c1-17(33)30-22-14-19(28(34)29-16-25-20-9-5-4-8-18(20)12-13-36-25)15-23-26(22)32(2)27(31-23)21-10-6-7-11-24(21)35-3/h4-11,14-15,25H,12-13,16H2,1-3H3,(H,29,34)(H,30,33)/t25-/m1/s1. The summed E-state index contributed by atoms with van der Waals surface area (Å²) >= 11 is 0. The second kappa shape index (κ2) is 9.83. The SMILES string of the molecule is COc1ccccc1-c1nc2cc(C(=O)NC[C@H]3OCCc4ccccc43)cc(NC(C)=O)c2n1C. The summed E-state index contributed by atoms with van der Waals surface area (Å²) in [7, 11) is 3.49. The van der Waals surface area contributed by atoms with Crippen molar-refractivity contribution in [1.82, 2.24) is 14.9 Å². The topological polar surface area (TPSA) is 94.5 Å². The highest BCUT2D eigenvalue weighted by Crippen LogP contribution is 2.34. The van der Waals surface area contributed by atoms with Gasteiger partial charge in [-0.05, 0) is 41.8 Å². The second-order valence-corrected chi connectivity index (χ2v) is 8.79. The van der Waals surface area contributed by atoms with Gasteiger partial charge in [0, 0.05) is 26.1 Å². The van der Waals surface area contributed by atoms with Crippen molar-refractivity contribution in [2.45, 2.75) is 19.4 Å². The van der Waals surface area contributed by atoms with Crippen LogP contribution in [0.2, 0.25) is 0 Å². The van der Waals surface area contributed by atoms with E-state index in [1.807, 2.05) is 54.1 Å². The largest absolute Gasteiger partial charge is 0.496 e. The Bertz CT molecular complexity index is 1460. The summed E-state index contributed by atoms with van der Waals surface area (Å²) in [6, 6.07) is 19.2. The average molecular weight is 485 g/mol. The van der Waals surface area contributed by atoms with Crippen molar-refractivity contribution >= 4 is 28.5 Å². The molecule has 1 atom stereocenters. The van der Waals surface area contributed by atoms with Gasteiger partial charge in [0.1, 0.15) is 17.7 Å². The fourth-order valence-corrected chi connectivity index (χ4v) is 4.77. The highest BCUT2D eigenvalue weighted by molar-refractivity contribution is 6.05. The Hall–Kier alpha value is -4.17. The summed E-state index contributed by atoms with van der Waals surface area (Å²) < 4.78 is 13.3. The molecule has 1 aliphatic heterocycles. The summed E-state index contributed by atoms with van der Waals surface area (Å²) in [6.45, 7) is 2.40. The van der Waals surface area contributed by atoms with Crippen molar-refractivity contribution < 1.29 is 19.1 Å². The Kier molecular flexibility index (Phi) is 6.43. The average Bonchev–Trinajstić information content (AvgIpc) is 3.23. The fourth-order valence-electron chi connectivity index (χ4n) is 4.77. The van der Waals surface area contributed by atoms with Gasteiger partial charge in [0.05, 0.1) is 36.0 Å². The van der Waals surface area contributed by atoms with Gasteiger partial charge in [0.2, 0.25) is 5.91 Å². The van der Waals surface area contributed by atoms with Gasteiger partial charge in [-0.15, -0.1) is 0 Å². The van der Waals surface area contributed by atoms with Gasteiger partial charge in [-0.3, -0.25) is 9.59 Å². The minimum atomic E-state index is -0.264. The summed E-state index contributed by atoms with van der Waals surface area (Å²) in [6.07, 6.45) is 0.662. The van der Waals surface area contributed by atoms with Crippen molar-refractivity contribution in [2.24, 2.45) is 7.05 Å². The molecule has 0 unspecified atom stereocenters. The molecule has 3 aromatic carbocycles. The van der Waals surface area contributed by atoms with Gasteiger partial charge in [0.15, 0.2) is 0 Å². The lowest BCUT2D eigenvalue weighted by Crippen LogP contribution is -2.32. The zero-order chi connectivity index (χ0) is 25.2. The first-order valence-electron chi connectivity index (χ1n) is 11.9. The molecule has 0 bridgehead atoms. The Morgan fingerprint density at radius 1 is 1.14 bits per heavy atom. The van der Waals surface area contributed by atoms with Gasteiger partial charge in [0.25, 0.3) is 5.91 Å². The molecular weight excluding hydrogens is 456 g/mol. The van der Waals surface area contributed by atoms with E-state index in [1.54, 1.807) is 19.2 Å². The lowest BCUT2D eigenvalue weighted by atomic mass is 9.97. The van der Waals surface area contributed by atoms with Crippen molar-refractivity contribution in [3.63, 3.8) is 0 Å². The van der Waals surface area contributed by atoms with Crippen LogP contribution in [-0.4, -0.2) is 41.6 Å². The molecule has 1 aromatic heterocycles. The zero-order valence-corrected chi connectivity index (χ0v) is 20.5. The molecule has 8 heteroatoms. The number of hydrogen-bond acceptors (Lipinski definition) is 5. The summed E-state index contributed by atoms with van der Waals surface area (Å²) in [5.41, 5.74) is 5.38. The van der Waals surface area contributed by atoms with Crippen LogP contribution in [0, 0.1) is 0 Å². The molecule has 2 N–H and O–H groups in total. The highest BCUT2D eigenvalue weighted by Gasteiger charge is 2.23. The molecule has 0 fully saturated rings. The maximum absolute atomic E-state index is 13.2. The van der Waals surface area contributed by atoms with E-state index in [2.05, 4.69) is 16.7 Å². The third kappa shape index (κ3) is 4.43. The van der Waals surface area contributed by atoms with Crippen LogP contribution in [0.25, 0.3) is 22.4 Å². The van der Waals surface area contributed by atoms with Crippen molar-refractivity contribution in [2.75, 3.05) is 25.6 Å². The molecule has 8 nitrogen and oxygen atoms in total. The van der Waals surface area contributed by atoms with Gasteiger partial charge < -0.3 is 24.7 Å². The van der Waals surface area contributed by atoms with E-state index in [9.17, 15) is 9.59 Å². The quantitative estimate of drug-likeness (QED) is 0.427. The monoisotopic (exact) mass is 484 g/mol. The number of rotatable bonds is 6. The van der Waals surface area contributed by atoms with Crippen molar-refractivity contribution in [3.8, 4) is 17.1 Å². The number of fused-ring (bicyclic) bond motifs is 2. The summed E-state index contributed by atoms with van der Waals surface area (Å²) in [5, 5.41) is 5.86. The van der Waals surface area contributed by atoms with E-state index < -0.39 is 0 Å². The summed E-state index contributed by atoms with van der Waals surface area (Å²) in [5.74, 6) is 0.849. The first-order chi connectivity index (χ1) is 17.5. The lowest BCUT2D eigenvalue weighted by molar-refractivity contribution is -0.114. The van der Waals surface area contributed by atoms with E-state index in [0.717, 1.165) is 17.5 Å². The Labute approximate surface area is 209 Å². The van der Waals surface area contributed by atoms with Gasteiger partial charge >= 0.3 is 0 Å². The molecule has 0 radical (unpaired) electrons. The number of hydrogen-bond donors (Lipinski definition) is 2. The molecule has 0 saturated carbocycles. The van der Waals surface area contributed by atoms with Gasteiger partial charge in [-0.25, -0.2) is 4.98 Å². The molecule has 5 rings (SSSR count). The van der Waals surface area contributed by atoms with Crippen LogP contribution in [0.5, 0.6) is 5.75 Å². The van der Waals surface area contributed by atoms with Crippen molar-refractivity contribution in [3.05, 3.63) is 77.4 Å². The second-order valence-electron chi connectivity index (χ2n) is 8.79. The highest BCUT2D eigenvalue weighted by atomic mass is 16.5. The number of carbonyl (C=O) groups is 2. The first-order valence-corrected chi connectivity index (χ1v) is 11.9. The number of imidazole rings is 1. The van der Waals surface area contributed by atoms with Crippen LogP contribution >= 0.6 is 0 Å². The summed E-state index contributed by atoms with van der Waals surface area (Å²) in [4.78, 5) is 30.0. The zero-order valence-electron chi connectivity index (χ0n) is 20.5. The minimum Gasteiger partial charge on any atom is -0.496 e.